The molecule has 1 fully saturated rings. The third kappa shape index (κ3) is 7.49. The van der Waals surface area contributed by atoms with Crippen LogP contribution in [-0.4, -0.2) is 50.7 Å². The maximum Gasteiger partial charge on any atom is 0.255 e. The van der Waals surface area contributed by atoms with Crippen molar-refractivity contribution in [3.8, 4) is 28.2 Å². The molecule has 1 aliphatic rings. The van der Waals surface area contributed by atoms with Gasteiger partial charge in [-0.3, -0.25) is 13.9 Å². The predicted molar refractivity (Wildman–Crippen MR) is 181 cm³/mol. The van der Waals surface area contributed by atoms with Gasteiger partial charge in [0.2, 0.25) is 10.0 Å². The van der Waals surface area contributed by atoms with Gasteiger partial charge in [0, 0.05) is 53.3 Å². The molecule has 6 rings (SSSR count). The summed E-state index contributed by atoms with van der Waals surface area (Å²) in [6, 6.07) is 21.0. The number of carbonyl (C=O) groups excluding carboxylic acids is 2. The third-order valence-electron chi connectivity index (χ3n) is 7.98. The summed E-state index contributed by atoms with van der Waals surface area (Å²) in [7, 11) is -2.20. The number of sulfonamides is 1. The predicted octanol–water partition coefficient (Wildman–Crippen LogP) is 6.87. The first-order chi connectivity index (χ1) is 22.7. The molecule has 250 valence electrons. The van der Waals surface area contributed by atoms with Crippen molar-refractivity contribution < 1.29 is 36.3 Å². The zero-order valence-electron chi connectivity index (χ0n) is 26.8. The second kappa shape index (κ2) is 13.5. The van der Waals surface area contributed by atoms with Crippen molar-refractivity contribution in [1.29, 1.82) is 0 Å². The van der Waals surface area contributed by atoms with E-state index in [0.717, 1.165) is 25.2 Å². The fourth-order valence-corrected chi connectivity index (χ4v) is 6.25. The molecule has 0 saturated heterocycles. The molecular formula is C36H35F2N3O6S. The van der Waals surface area contributed by atoms with E-state index in [2.05, 4.69) is 10.6 Å². The number of amides is 2. The van der Waals surface area contributed by atoms with Crippen LogP contribution in [0.1, 0.15) is 47.4 Å². The Bertz CT molecular complexity index is 2090. The molecule has 0 spiro atoms. The van der Waals surface area contributed by atoms with E-state index >= 15 is 0 Å². The molecule has 48 heavy (non-hydrogen) atoms. The molecule has 0 unspecified atom stereocenters. The fraction of sp³-hybridized carbons (Fsp3) is 0.222. The topological polar surface area (TPSA) is 129 Å². The van der Waals surface area contributed by atoms with Crippen LogP contribution in [0, 0.1) is 11.6 Å². The lowest BCUT2D eigenvalue weighted by Gasteiger charge is -2.24. The lowest BCUT2D eigenvalue weighted by molar-refractivity contribution is 0.0933. The summed E-state index contributed by atoms with van der Waals surface area (Å²) >= 11 is 0. The molecule has 0 bridgehead atoms. The fourth-order valence-electron chi connectivity index (χ4n) is 5.27. The van der Waals surface area contributed by atoms with E-state index < -0.39 is 27.6 Å². The third-order valence-corrected chi connectivity index (χ3v) is 9.24. The van der Waals surface area contributed by atoms with Gasteiger partial charge in [0.25, 0.3) is 11.8 Å². The minimum Gasteiger partial charge on any atom is -0.508 e. The standard InChI is InChI=1S/C30H30FN3O5S.C6H5FO/c1-5-34(40(4,37)38)24-17-25-23(26(29(36)32-3)27(39-25)18-9-11-21(31)12-10-18)16-22(24)19-7-6-8-20(15-19)28(35)33-30(2)13-14-30;7-5-2-1-3-6(8)4-5/h6-12,15-17H,5,13-14H2,1-4H3,(H,32,36)(H,33,35);1-4,8H. The zero-order chi connectivity index (χ0) is 34.8. The minimum absolute atomic E-state index is 0.0370. The van der Waals surface area contributed by atoms with Crippen molar-refractivity contribution in [3.05, 3.63) is 108 Å². The number of hydrogen-bond donors (Lipinski definition) is 3. The number of carbonyl (C=O) groups is 2. The van der Waals surface area contributed by atoms with Gasteiger partial charge >= 0.3 is 0 Å². The molecule has 1 saturated carbocycles. The molecule has 12 heteroatoms. The highest BCUT2D eigenvalue weighted by Crippen LogP contribution is 2.42. The highest BCUT2D eigenvalue weighted by molar-refractivity contribution is 7.92. The van der Waals surface area contributed by atoms with Gasteiger partial charge in [-0.1, -0.05) is 18.2 Å². The summed E-state index contributed by atoms with van der Waals surface area (Å²) in [6.07, 6.45) is 2.95. The Hall–Kier alpha value is -5.23. The number of rotatable bonds is 8. The number of benzene rings is 4. The number of anilines is 1. The van der Waals surface area contributed by atoms with Gasteiger partial charge < -0.3 is 20.2 Å². The number of furan rings is 1. The molecule has 1 aliphatic carbocycles. The van der Waals surface area contributed by atoms with E-state index in [1.165, 1.54) is 53.8 Å². The minimum atomic E-state index is -3.70. The smallest absolute Gasteiger partial charge is 0.255 e. The summed E-state index contributed by atoms with van der Waals surface area (Å²) in [5, 5.41) is 14.7. The van der Waals surface area contributed by atoms with Crippen molar-refractivity contribution >= 4 is 38.5 Å². The van der Waals surface area contributed by atoms with E-state index in [9.17, 15) is 26.8 Å². The first-order valence-electron chi connectivity index (χ1n) is 15.2. The van der Waals surface area contributed by atoms with Crippen LogP contribution >= 0.6 is 0 Å². The van der Waals surface area contributed by atoms with Gasteiger partial charge in [0.15, 0.2) is 0 Å². The maximum absolute atomic E-state index is 13.6. The highest BCUT2D eigenvalue weighted by atomic mass is 32.2. The van der Waals surface area contributed by atoms with Crippen LogP contribution in [0.15, 0.2) is 89.3 Å². The van der Waals surface area contributed by atoms with E-state index in [0.29, 0.717) is 33.3 Å². The van der Waals surface area contributed by atoms with Crippen molar-refractivity contribution in [3.63, 3.8) is 0 Å². The Kier molecular flexibility index (Phi) is 9.58. The molecule has 4 aromatic carbocycles. The number of halogens is 2. The average Bonchev–Trinajstić information content (AvgIpc) is 3.65. The highest BCUT2D eigenvalue weighted by Gasteiger charge is 2.39. The lowest BCUT2D eigenvalue weighted by atomic mass is 9.97. The Morgan fingerprint density at radius 1 is 0.917 bits per heavy atom. The maximum atomic E-state index is 13.6. The van der Waals surface area contributed by atoms with Crippen molar-refractivity contribution in [2.45, 2.75) is 32.2 Å². The SMILES string of the molecule is CCN(c1cc2oc(-c3ccc(F)cc3)c(C(=O)NC)c2cc1-c1cccc(C(=O)NC2(C)CC2)c1)S(C)(=O)=O.Oc1cccc(F)c1. The Morgan fingerprint density at radius 2 is 1.60 bits per heavy atom. The molecule has 3 N–H and O–H groups in total. The van der Waals surface area contributed by atoms with Crippen LogP contribution in [0.5, 0.6) is 5.75 Å². The average molecular weight is 676 g/mol. The molecule has 9 nitrogen and oxygen atoms in total. The molecule has 5 aromatic rings. The quantitative estimate of drug-likeness (QED) is 0.165. The first-order valence-corrected chi connectivity index (χ1v) is 17.0. The largest absolute Gasteiger partial charge is 0.508 e. The van der Waals surface area contributed by atoms with Crippen LogP contribution in [0.2, 0.25) is 0 Å². The summed E-state index contributed by atoms with van der Waals surface area (Å²) in [4.78, 5) is 26.1. The number of phenols is 1. The number of fused-ring (bicyclic) bond motifs is 1. The van der Waals surface area contributed by atoms with Crippen molar-refractivity contribution in [1.82, 2.24) is 10.6 Å². The second-order valence-electron chi connectivity index (χ2n) is 11.8. The van der Waals surface area contributed by atoms with Gasteiger partial charge in [-0.25, -0.2) is 17.2 Å². The van der Waals surface area contributed by atoms with Gasteiger partial charge in [-0.2, -0.15) is 0 Å². The van der Waals surface area contributed by atoms with Crippen molar-refractivity contribution in [2.75, 3.05) is 24.2 Å². The van der Waals surface area contributed by atoms with Gasteiger partial charge in [0.05, 0.1) is 17.5 Å². The zero-order valence-corrected chi connectivity index (χ0v) is 27.6. The molecule has 2 amide bonds. The Labute approximate surface area is 277 Å². The van der Waals surface area contributed by atoms with E-state index in [1.807, 2.05) is 6.92 Å². The van der Waals surface area contributed by atoms with Crippen LogP contribution in [0.25, 0.3) is 33.4 Å². The number of hydrogen-bond acceptors (Lipinski definition) is 6. The molecule has 1 aromatic heterocycles. The normalized spacial score (nSPS) is 13.3. The van der Waals surface area contributed by atoms with Gasteiger partial charge in [-0.05, 0) is 86.8 Å². The van der Waals surface area contributed by atoms with Crippen LogP contribution in [0.4, 0.5) is 14.5 Å². The number of nitrogens with zero attached hydrogens (tertiary/aromatic N) is 1. The van der Waals surface area contributed by atoms with E-state index in [4.69, 9.17) is 9.52 Å². The van der Waals surface area contributed by atoms with Gasteiger partial charge in [0.1, 0.15) is 28.7 Å². The lowest BCUT2D eigenvalue weighted by Crippen LogP contribution is -2.34. The molecule has 0 aliphatic heterocycles. The van der Waals surface area contributed by atoms with E-state index in [-0.39, 0.29) is 40.6 Å². The summed E-state index contributed by atoms with van der Waals surface area (Å²) < 4.78 is 58.7. The monoisotopic (exact) mass is 675 g/mol. The first kappa shape index (κ1) is 34.1. The molecule has 1 heterocycles. The Balaban J connectivity index is 0.000000494. The summed E-state index contributed by atoms with van der Waals surface area (Å²) in [6.45, 7) is 3.85. The molecule has 0 atom stereocenters. The van der Waals surface area contributed by atoms with E-state index in [1.54, 1.807) is 43.3 Å². The van der Waals surface area contributed by atoms with Gasteiger partial charge in [-0.15, -0.1) is 0 Å². The molecular weight excluding hydrogens is 640 g/mol. The second-order valence-corrected chi connectivity index (χ2v) is 13.7. The van der Waals surface area contributed by atoms with Crippen LogP contribution < -0.4 is 14.9 Å². The van der Waals surface area contributed by atoms with Crippen LogP contribution in [-0.2, 0) is 10.0 Å². The number of phenolic OH excluding ortho intramolecular Hbond substituents is 1. The summed E-state index contributed by atoms with van der Waals surface area (Å²) in [5.41, 5.74) is 2.68. The Morgan fingerprint density at radius 3 is 2.17 bits per heavy atom. The number of nitrogens with one attached hydrogen (secondary N) is 2. The number of aromatic hydroxyl groups is 1. The van der Waals surface area contributed by atoms with Crippen molar-refractivity contribution in [2.24, 2.45) is 0 Å². The molecule has 0 radical (unpaired) electrons. The van der Waals surface area contributed by atoms with Crippen LogP contribution in [0.3, 0.4) is 0 Å². The summed E-state index contributed by atoms with van der Waals surface area (Å²) in [5.74, 6) is -1.29.